The molecule has 0 radical (unpaired) electrons. The van der Waals surface area contributed by atoms with Crippen LogP contribution in [0.3, 0.4) is 0 Å². The molecule has 3 aliphatic heterocycles. The number of amides is 3. The number of hydrogen-bond acceptors (Lipinski definition) is 24. The lowest BCUT2D eigenvalue weighted by molar-refractivity contribution is -0.277. The van der Waals surface area contributed by atoms with E-state index in [-0.39, 0.29) is 94.0 Å². The summed E-state index contributed by atoms with van der Waals surface area (Å²) >= 11 is 0. The smallest absolute Gasteiger partial charge is 0.410 e. The van der Waals surface area contributed by atoms with E-state index in [1.165, 1.54) is 18.2 Å². The van der Waals surface area contributed by atoms with E-state index >= 15 is 0 Å². The first kappa shape index (κ1) is 72.1. The SMILES string of the molecule is CC[C@@]1(O)C(=O)OCc2c1cc1n(c2=O)Cc2c-1nc1ccccc1c2CCN(C(=O)OCc1ccc(O[C@@H]2O[C@H](CO)[C@@H](O)[C@H](O)[C@H]2O)c(NC(=O)[C@H](CCCCN)NC(=O)CCOCCOCCOCCOCCOCCOCCOCCOC)c1)C(C)C. The number of nitrogens with two attached hydrogens (primary N) is 1. The summed E-state index contributed by atoms with van der Waals surface area (Å²) in [5, 5.41) is 59.7. The molecule has 7 atom stereocenters. The molecule has 5 heterocycles. The number of carbonyl (C=O) groups excluding carboxylic acids is 4. The van der Waals surface area contributed by atoms with Crippen LogP contribution < -0.4 is 26.7 Å². The maximum absolute atomic E-state index is 14.3. The topological polar surface area (TPSA) is 368 Å². The number of para-hydroxylation sites is 1. The van der Waals surface area contributed by atoms with E-state index < -0.39 is 78.4 Å². The van der Waals surface area contributed by atoms with Crippen LogP contribution in [0.1, 0.15) is 80.7 Å². The van der Waals surface area contributed by atoms with Gasteiger partial charge in [-0.15, -0.1) is 0 Å². The minimum atomic E-state index is -2.00. The van der Waals surface area contributed by atoms with Crippen molar-refractivity contribution in [3.8, 4) is 17.1 Å². The Labute approximate surface area is 528 Å². The van der Waals surface area contributed by atoms with Crippen molar-refractivity contribution in [3.63, 3.8) is 0 Å². The van der Waals surface area contributed by atoms with Crippen molar-refractivity contribution in [3.05, 3.63) is 86.7 Å². The van der Waals surface area contributed by atoms with Gasteiger partial charge in [-0.1, -0.05) is 31.2 Å². The van der Waals surface area contributed by atoms with Gasteiger partial charge in [0.1, 0.15) is 49.4 Å². The molecule has 4 aromatic rings. The summed E-state index contributed by atoms with van der Waals surface area (Å²) < 4.78 is 67.8. The van der Waals surface area contributed by atoms with Gasteiger partial charge in [0.05, 0.1) is 140 Å². The number of rotatable bonds is 41. The third-order valence-corrected chi connectivity index (χ3v) is 15.7. The predicted molar refractivity (Wildman–Crippen MR) is 327 cm³/mol. The second kappa shape index (κ2) is 36.8. The van der Waals surface area contributed by atoms with Crippen molar-refractivity contribution in [2.24, 2.45) is 5.73 Å². The highest BCUT2D eigenvalue weighted by Gasteiger charge is 2.47. The van der Waals surface area contributed by atoms with E-state index in [0.29, 0.717) is 128 Å². The van der Waals surface area contributed by atoms with Gasteiger partial charge in [-0.3, -0.25) is 14.4 Å². The van der Waals surface area contributed by atoms with Crippen LogP contribution in [-0.4, -0.2) is 233 Å². The molecular formula is C63H90N6O22. The van der Waals surface area contributed by atoms with Crippen molar-refractivity contribution in [1.82, 2.24) is 19.8 Å². The molecule has 91 heavy (non-hydrogen) atoms. The summed E-state index contributed by atoms with van der Waals surface area (Å²) in [6.07, 6.45) is -7.47. The third-order valence-electron chi connectivity index (χ3n) is 15.7. The number of unbranched alkanes of at least 4 members (excludes halogenated alkanes) is 1. The molecule has 2 aromatic heterocycles. The lowest BCUT2D eigenvalue weighted by Crippen LogP contribution is -2.60. The van der Waals surface area contributed by atoms with E-state index in [2.05, 4.69) is 10.6 Å². The average molecular weight is 1280 g/mol. The number of hydrogen-bond donors (Lipinski definition) is 8. The van der Waals surface area contributed by atoms with Gasteiger partial charge in [0.25, 0.3) is 5.56 Å². The first-order chi connectivity index (χ1) is 44.0. The Hall–Kier alpha value is -6.32. The number of cyclic esters (lactones) is 1. The Morgan fingerprint density at radius 3 is 2.04 bits per heavy atom. The van der Waals surface area contributed by atoms with Crippen LogP contribution in [-0.2, 0) is 98.3 Å². The highest BCUT2D eigenvalue weighted by Crippen LogP contribution is 2.41. The fourth-order valence-corrected chi connectivity index (χ4v) is 10.6. The Kier molecular flexibility index (Phi) is 29.2. The summed E-state index contributed by atoms with van der Waals surface area (Å²) in [7, 11) is 1.62. The number of benzene rings is 2. The summed E-state index contributed by atoms with van der Waals surface area (Å²) in [4.78, 5) is 75.2. The quantitative estimate of drug-likeness (QED) is 0.0203. The number of methoxy groups -OCH3 is 1. The highest BCUT2D eigenvalue weighted by atomic mass is 16.7. The van der Waals surface area contributed by atoms with Gasteiger partial charge in [0, 0.05) is 42.6 Å². The maximum Gasteiger partial charge on any atom is 0.410 e. The molecule has 0 spiro atoms. The van der Waals surface area contributed by atoms with Crippen LogP contribution in [0.5, 0.6) is 5.75 Å². The van der Waals surface area contributed by atoms with Crippen molar-refractivity contribution in [2.75, 3.05) is 131 Å². The second-order valence-corrected chi connectivity index (χ2v) is 22.2. The molecule has 7 rings (SSSR count). The molecule has 28 nitrogen and oxygen atoms in total. The summed E-state index contributed by atoms with van der Waals surface area (Å²) in [6.45, 7) is 10.4. The summed E-state index contributed by atoms with van der Waals surface area (Å²) in [6, 6.07) is 12.1. The zero-order chi connectivity index (χ0) is 65.3. The van der Waals surface area contributed by atoms with Crippen molar-refractivity contribution >= 4 is 40.5 Å². The predicted octanol–water partition coefficient (Wildman–Crippen LogP) is 1.55. The number of aliphatic hydroxyl groups excluding tert-OH is 4. The summed E-state index contributed by atoms with van der Waals surface area (Å²) in [5.74, 6) is -2.05. The summed E-state index contributed by atoms with van der Waals surface area (Å²) in [5.41, 5.74) is 7.34. The molecule has 3 aliphatic rings. The van der Waals surface area contributed by atoms with Crippen LogP contribution in [0.15, 0.2) is 53.3 Å². The van der Waals surface area contributed by atoms with Gasteiger partial charge in [-0.25, -0.2) is 14.6 Å². The van der Waals surface area contributed by atoms with Crippen molar-refractivity contribution in [2.45, 2.75) is 127 Å². The number of carbonyl (C=O) groups is 4. The number of esters is 1. The van der Waals surface area contributed by atoms with Crippen molar-refractivity contribution in [1.29, 1.82) is 0 Å². The Bertz CT molecular complexity index is 3040. The minimum absolute atomic E-state index is 0.00819. The molecule has 0 aliphatic carbocycles. The number of pyridine rings is 2. The minimum Gasteiger partial charge on any atom is -0.460 e. The van der Waals surface area contributed by atoms with Crippen LogP contribution in [0.25, 0.3) is 22.3 Å². The molecule has 1 fully saturated rings. The van der Waals surface area contributed by atoms with Gasteiger partial charge >= 0.3 is 12.1 Å². The fraction of sp³-hybridized carbons (Fsp3) is 0.619. The number of fused-ring (bicyclic) bond motifs is 5. The van der Waals surface area contributed by atoms with E-state index in [1.54, 1.807) is 29.6 Å². The van der Waals surface area contributed by atoms with Crippen LogP contribution in [0, 0.1) is 0 Å². The van der Waals surface area contributed by atoms with Crippen LogP contribution in [0.4, 0.5) is 10.5 Å². The zero-order valence-corrected chi connectivity index (χ0v) is 52.3. The van der Waals surface area contributed by atoms with Gasteiger partial charge < -0.3 is 108 Å². The zero-order valence-electron chi connectivity index (χ0n) is 52.3. The largest absolute Gasteiger partial charge is 0.460 e. The lowest BCUT2D eigenvalue weighted by Gasteiger charge is -2.39. The van der Waals surface area contributed by atoms with Crippen LogP contribution in [0.2, 0.25) is 0 Å². The molecule has 3 amide bonds. The average Bonchev–Trinajstić information content (AvgIpc) is 1.65. The molecule has 0 unspecified atom stereocenters. The molecular weight excluding hydrogens is 1190 g/mol. The Morgan fingerprint density at radius 2 is 1.44 bits per heavy atom. The van der Waals surface area contributed by atoms with Gasteiger partial charge in [-0.2, -0.15) is 0 Å². The monoisotopic (exact) mass is 1280 g/mol. The molecule has 0 saturated carbocycles. The lowest BCUT2D eigenvalue weighted by atomic mass is 9.86. The van der Waals surface area contributed by atoms with E-state index in [0.717, 1.165) is 16.5 Å². The molecule has 9 N–H and O–H groups in total. The molecule has 504 valence electrons. The van der Waals surface area contributed by atoms with E-state index in [1.807, 2.05) is 38.1 Å². The van der Waals surface area contributed by atoms with Crippen molar-refractivity contribution < 1.29 is 102 Å². The number of ether oxygens (including phenoxy) is 12. The number of aromatic nitrogens is 2. The normalized spacial score (nSPS) is 19.6. The standard InChI is InChI=1S/C63H90N6O22/c1-5-63(79)46-35-50-54-44(36-69(50)59(76)45(46)39-88-61(63)77)42(43-10-6-7-11-47(43)66-54)15-18-68(40(2)3)62(78)89-38-41-13-14-51(90-60-57(74)56(73)55(72)52(37-70)91-60)49(34-41)67-58(75)48(12-8-9-17-64)65-53(71)16-19-81-22-23-83-26-27-85-30-31-87-33-32-86-29-28-84-25-24-82-21-20-80-4/h6-7,10-11,13-14,34-35,40,48,52,55-57,60,70,72-74,79H,5,8-9,12,15-33,36-39,64H2,1-4H3,(H,65,71)(H,67,75)/t48-,52+,55+,56-,57+,60+,63-/m0/s1. The highest BCUT2D eigenvalue weighted by molar-refractivity contribution is 5.98. The first-order valence-electron chi connectivity index (χ1n) is 31.0. The van der Waals surface area contributed by atoms with E-state index in [9.17, 15) is 49.5 Å². The fourth-order valence-electron chi connectivity index (χ4n) is 10.6. The number of nitrogens with zero attached hydrogens (tertiary/aromatic N) is 3. The molecule has 1 saturated heterocycles. The number of aliphatic hydroxyl groups is 5. The van der Waals surface area contributed by atoms with Gasteiger partial charge in [0.15, 0.2) is 5.60 Å². The molecule has 28 heteroatoms. The maximum atomic E-state index is 14.3. The Balaban J connectivity index is 0.931. The Morgan fingerprint density at radius 1 is 0.813 bits per heavy atom. The number of anilines is 1. The van der Waals surface area contributed by atoms with Gasteiger partial charge in [0.2, 0.25) is 18.1 Å². The number of nitrogens with one attached hydrogen (secondary N) is 2. The third kappa shape index (κ3) is 19.9. The molecule has 2 aromatic carbocycles. The van der Waals surface area contributed by atoms with Gasteiger partial charge in [-0.05, 0) is 87.9 Å². The molecule has 0 bridgehead atoms. The second-order valence-electron chi connectivity index (χ2n) is 22.2. The van der Waals surface area contributed by atoms with Crippen LogP contribution >= 0.6 is 0 Å². The first-order valence-corrected chi connectivity index (χ1v) is 31.0. The van der Waals surface area contributed by atoms with E-state index in [4.69, 9.17) is 67.6 Å².